The zero-order chi connectivity index (χ0) is 90.9. The van der Waals surface area contributed by atoms with Gasteiger partial charge in [0.1, 0.15) is 85.5 Å². The van der Waals surface area contributed by atoms with Gasteiger partial charge in [-0.25, -0.2) is 72.4 Å². The Morgan fingerprint density at radius 1 is 0.364 bits per heavy atom. The lowest BCUT2D eigenvalue weighted by molar-refractivity contribution is -0.146. The average molecular weight is 1790 g/mol. The van der Waals surface area contributed by atoms with E-state index in [9.17, 15) is 58.5 Å². The zero-order valence-corrected chi connectivity index (χ0v) is 72.9. The fourth-order valence-corrected chi connectivity index (χ4v) is 18.6. The number of aryl methyl sites for hydroxylation is 3. The molecule has 36 heteroatoms. The number of hydrogen-bond donors (Lipinski definition) is 3. The molecule has 0 radical (unpaired) electrons. The minimum absolute atomic E-state index is 0.0103. The molecule has 129 heavy (non-hydrogen) atoms. The van der Waals surface area contributed by atoms with Crippen LogP contribution < -0.4 is 48.0 Å². The number of thiophene rings is 3. The number of rotatable bonds is 27. The number of hydrogen-bond acceptors (Lipinski definition) is 24. The summed E-state index contributed by atoms with van der Waals surface area (Å²) in [5.74, 6) is -1.36. The Bertz CT molecular complexity index is 6780. The van der Waals surface area contributed by atoms with Crippen LogP contribution in [0.15, 0.2) is 299 Å². The van der Waals surface area contributed by atoms with Gasteiger partial charge in [-0.15, -0.1) is 34.0 Å². The highest BCUT2D eigenvalue weighted by molar-refractivity contribution is 7.22. The smallest absolute Gasteiger partial charge is 0.333 e. The van der Waals surface area contributed by atoms with Gasteiger partial charge in [0.15, 0.2) is 0 Å². The van der Waals surface area contributed by atoms with Crippen LogP contribution in [0.5, 0.6) is 17.2 Å². The molecule has 12 heterocycles. The third kappa shape index (κ3) is 16.9. The molecule has 0 fully saturated rings. The number of aromatic nitrogens is 15. The van der Waals surface area contributed by atoms with Gasteiger partial charge in [0.05, 0.1) is 88.0 Å². The van der Waals surface area contributed by atoms with Gasteiger partial charge in [0.2, 0.25) is 17.7 Å². The number of oxazole rings is 3. The molecule has 18 aromatic rings. The van der Waals surface area contributed by atoms with Crippen LogP contribution in [0.1, 0.15) is 93.2 Å². The standard InChI is InChI=1S/3C31H27N5O6S/c3*1-19-24-27(37)36(31(2,3)29(38)39)30(40)35(28(24)43-25(19)26-33-14-16-41-26)17-23(20-7-5-4-6-8-20)42-22-11-9-21(10-12-22)34-15-13-32-18-34/h3*4-16,18,23H,17H2,1-3H3,(H,38,39)/t2*23-;/m10./s1. The molecule has 0 saturated carbocycles. The van der Waals surface area contributed by atoms with Crippen LogP contribution in [0.3, 0.4) is 0 Å². The van der Waals surface area contributed by atoms with Gasteiger partial charge in [-0.3, -0.25) is 28.1 Å². The van der Waals surface area contributed by atoms with Crippen molar-refractivity contribution in [3.05, 3.63) is 353 Å². The van der Waals surface area contributed by atoms with Crippen LogP contribution in [-0.4, -0.2) is 104 Å². The Morgan fingerprint density at radius 3 is 0.822 bits per heavy atom. The van der Waals surface area contributed by atoms with Crippen molar-refractivity contribution < 1.29 is 57.2 Å². The maximum absolute atomic E-state index is 14.1. The molecule has 0 amide bonds. The van der Waals surface area contributed by atoms with E-state index in [1.165, 1.54) is 127 Å². The van der Waals surface area contributed by atoms with Crippen molar-refractivity contribution in [2.45, 2.75) is 117 Å². The number of fused-ring (bicyclic) bond motifs is 3. The number of ether oxygens (including phenoxy) is 3. The van der Waals surface area contributed by atoms with Crippen molar-refractivity contribution in [3.8, 4) is 66.6 Å². The minimum Gasteiger partial charge on any atom is -0.484 e. The summed E-state index contributed by atoms with van der Waals surface area (Å²) in [6, 6.07) is 50.5. The van der Waals surface area contributed by atoms with E-state index in [-0.39, 0.29) is 35.8 Å². The van der Waals surface area contributed by atoms with Gasteiger partial charge in [0.25, 0.3) is 16.7 Å². The van der Waals surface area contributed by atoms with Crippen LogP contribution in [0.4, 0.5) is 0 Å². The monoisotopic (exact) mass is 1790 g/mol. The highest BCUT2D eigenvalue weighted by Crippen LogP contribution is 2.41. The summed E-state index contributed by atoms with van der Waals surface area (Å²) in [5, 5.41) is 30.7. The molecule has 654 valence electrons. The van der Waals surface area contributed by atoms with Crippen molar-refractivity contribution in [1.29, 1.82) is 0 Å². The van der Waals surface area contributed by atoms with E-state index in [0.717, 1.165) is 47.5 Å². The molecular formula is C93H81N15O18S3. The molecule has 0 saturated heterocycles. The number of imidazole rings is 3. The minimum atomic E-state index is -1.83. The summed E-state index contributed by atoms with van der Waals surface area (Å²) in [4.78, 5) is 149. The first kappa shape index (κ1) is 86.8. The number of benzene rings is 6. The Labute approximate surface area is 743 Å². The van der Waals surface area contributed by atoms with Crippen LogP contribution in [0, 0.1) is 20.8 Å². The fourth-order valence-electron chi connectivity index (χ4n) is 14.9. The molecule has 0 aliphatic carbocycles. The number of nitrogens with zero attached hydrogens (tertiary/aromatic N) is 15. The summed E-state index contributed by atoms with van der Waals surface area (Å²) in [6.45, 7) is 13.2. The van der Waals surface area contributed by atoms with Crippen molar-refractivity contribution in [3.63, 3.8) is 0 Å². The summed E-state index contributed by atoms with van der Waals surface area (Å²) in [7, 11) is 0. The average Bonchev–Trinajstić information content (AvgIpc) is 1.58. The molecule has 3 N–H and O–H groups in total. The topological polar surface area (TPSA) is 403 Å². The van der Waals surface area contributed by atoms with E-state index < -0.39 is 86.6 Å². The maximum atomic E-state index is 14.1. The van der Waals surface area contributed by atoms with Crippen LogP contribution in [-0.2, 0) is 50.6 Å². The highest BCUT2D eigenvalue weighted by atomic mass is 32.1. The van der Waals surface area contributed by atoms with Gasteiger partial charge in [-0.1, -0.05) is 91.0 Å². The SMILES string of the molecule is Cc1c(-c2ncco2)sc2c1c(=O)n(C(C)(C)C(=O)O)c(=O)n2CC(Oc1ccc(-n2ccnc2)cc1)c1ccccc1.Cc1c(-c2ncco2)sc2c1c(=O)n(C(C)(C)C(=O)O)c(=O)n2C[C@@H](Oc1ccc(-n2ccnc2)cc1)c1ccccc1.Cc1c(-c2ncco2)sc2c1c(=O)n(C(C)(C)C(=O)O)c(=O)n2C[C@H](Oc1ccc(-n2ccnc2)cc1)c1ccccc1. The first-order chi connectivity index (χ1) is 62.0. The molecule has 3 atom stereocenters. The van der Waals surface area contributed by atoms with Crippen molar-refractivity contribution in [2.24, 2.45) is 0 Å². The Balaban J connectivity index is 0.000000142. The van der Waals surface area contributed by atoms with E-state index >= 15 is 0 Å². The van der Waals surface area contributed by atoms with Gasteiger partial charge < -0.3 is 56.5 Å². The number of carbonyl (C=O) groups is 3. The van der Waals surface area contributed by atoms with E-state index in [1.54, 1.807) is 58.3 Å². The molecule has 0 aliphatic rings. The van der Waals surface area contributed by atoms with Crippen LogP contribution in [0.2, 0.25) is 0 Å². The molecule has 18 rings (SSSR count). The lowest BCUT2D eigenvalue weighted by Gasteiger charge is -2.25. The second kappa shape index (κ2) is 35.7. The summed E-state index contributed by atoms with van der Waals surface area (Å²) < 4.78 is 48.3. The zero-order valence-electron chi connectivity index (χ0n) is 70.5. The van der Waals surface area contributed by atoms with Crippen molar-refractivity contribution in [1.82, 2.24) is 71.0 Å². The third-order valence-electron chi connectivity index (χ3n) is 22.1. The maximum Gasteiger partial charge on any atom is 0.333 e. The predicted molar refractivity (Wildman–Crippen MR) is 483 cm³/mol. The Morgan fingerprint density at radius 2 is 0.612 bits per heavy atom. The molecule has 12 aromatic heterocycles. The second-order valence-corrected chi connectivity index (χ2v) is 34.4. The first-order valence-corrected chi connectivity index (χ1v) is 42.6. The third-order valence-corrected chi connectivity index (χ3v) is 26.0. The van der Waals surface area contributed by atoms with Crippen molar-refractivity contribution in [2.75, 3.05) is 0 Å². The Kier molecular flexibility index (Phi) is 24.1. The van der Waals surface area contributed by atoms with Crippen LogP contribution in [0.25, 0.3) is 80.0 Å². The summed E-state index contributed by atoms with van der Waals surface area (Å²) in [6.07, 6.45) is 22.4. The number of carboxylic acid groups (broad SMARTS) is 3. The lowest BCUT2D eigenvalue weighted by atomic mass is 10.1. The summed E-state index contributed by atoms with van der Waals surface area (Å²) in [5.41, 5.74) is -3.13. The molecule has 1 unspecified atom stereocenters. The quantitative estimate of drug-likeness (QED) is 0.0430. The predicted octanol–water partition coefficient (Wildman–Crippen LogP) is 15.0. The van der Waals surface area contributed by atoms with Crippen LogP contribution >= 0.6 is 34.0 Å². The Hall–Kier alpha value is -15.7. The lowest BCUT2D eigenvalue weighted by Crippen LogP contribution is -2.52. The molecular weight excluding hydrogens is 1710 g/mol. The van der Waals surface area contributed by atoms with Gasteiger partial charge in [-0.05, 0) is 168 Å². The molecule has 0 bridgehead atoms. The molecule has 0 spiro atoms. The van der Waals surface area contributed by atoms with E-state index in [1.807, 2.05) is 196 Å². The molecule has 0 aliphatic heterocycles. The van der Waals surface area contributed by atoms with Gasteiger partial charge in [-0.2, -0.15) is 0 Å². The highest BCUT2D eigenvalue weighted by Gasteiger charge is 2.40. The van der Waals surface area contributed by atoms with Crippen molar-refractivity contribution >= 4 is 82.6 Å². The van der Waals surface area contributed by atoms with Gasteiger partial charge >= 0.3 is 35.0 Å². The number of aliphatic carboxylic acids is 3. The van der Waals surface area contributed by atoms with E-state index in [0.29, 0.717) is 80.7 Å². The van der Waals surface area contributed by atoms with E-state index in [2.05, 4.69) is 29.9 Å². The van der Waals surface area contributed by atoms with E-state index in [4.69, 9.17) is 27.5 Å². The molecule has 6 aromatic carbocycles. The summed E-state index contributed by atoms with van der Waals surface area (Å²) >= 11 is 3.57. The van der Waals surface area contributed by atoms with Gasteiger partial charge in [0, 0.05) is 54.2 Å². The normalized spacial score (nSPS) is 12.4. The second-order valence-electron chi connectivity index (χ2n) is 31.4. The first-order valence-electron chi connectivity index (χ1n) is 40.2. The fraction of sp³-hybridized carbons (Fsp3) is 0.194. The number of carboxylic acids is 3. The largest absolute Gasteiger partial charge is 0.484 e. The molecule has 33 nitrogen and oxygen atoms in total.